The third kappa shape index (κ3) is 6.21. The average Bonchev–Trinajstić information content (AvgIpc) is 3.37. The van der Waals surface area contributed by atoms with E-state index in [0.29, 0.717) is 10.9 Å². The van der Waals surface area contributed by atoms with Crippen LogP contribution in [0, 0.1) is 6.92 Å². The zero-order valence-corrected chi connectivity index (χ0v) is 22.7. The Bertz CT molecular complexity index is 1640. The van der Waals surface area contributed by atoms with Gasteiger partial charge in [0.25, 0.3) is 5.91 Å². The number of aryl methyl sites for hydroxylation is 1. The number of rotatable bonds is 7. The topological polar surface area (TPSA) is 59.8 Å². The number of aromatic nitrogens is 3. The monoisotopic (exact) mass is 578 g/mol. The summed E-state index contributed by atoms with van der Waals surface area (Å²) in [7, 11) is 0. The molecule has 10 heteroatoms. The average molecular weight is 579 g/mol. The molecule has 0 spiro atoms. The minimum atomic E-state index is -4.55. The van der Waals surface area contributed by atoms with E-state index >= 15 is 0 Å². The fraction of sp³-hybridized carbons (Fsp3) is 0.100. The van der Waals surface area contributed by atoms with Crippen molar-refractivity contribution in [2.24, 2.45) is 0 Å². The number of halogens is 4. The first-order chi connectivity index (χ1) is 19.2. The van der Waals surface area contributed by atoms with Gasteiger partial charge in [0.1, 0.15) is 0 Å². The van der Waals surface area contributed by atoms with Gasteiger partial charge in [-0.2, -0.15) is 13.2 Å². The van der Waals surface area contributed by atoms with Crippen LogP contribution in [0.15, 0.2) is 102 Å². The van der Waals surface area contributed by atoms with Gasteiger partial charge < -0.3 is 5.32 Å². The first-order valence-corrected chi connectivity index (χ1v) is 13.5. The van der Waals surface area contributed by atoms with Gasteiger partial charge in [-0.3, -0.25) is 9.36 Å². The van der Waals surface area contributed by atoms with Crippen LogP contribution in [0.3, 0.4) is 0 Å². The zero-order valence-electron chi connectivity index (χ0n) is 21.1. The summed E-state index contributed by atoms with van der Waals surface area (Å²) in [4.78, 5) is 12.7. The third-order valence-electron chi connectivity index (χ3n) is 6.08. The normalized spacial score (nSPS) is 11.4. The van der Waals surface area contributed by atoms with E-state index in [1.807, 2.05) is 66.1 Å². The van der Waals surface area contributed by atoms with Crippen LogP contribution in [0.5, 0.6) is 0 Å². The smallest absolute Gasteiger partial charge is 0.321 e. The highest BCUT2D eigenvalue weighted by Crippen LogP contribution is 2.34. The van der Waals surface area contributed by atoms with Gasteiger partial charge in [0.15, 0.2) is 11.0 Å². The lowest BCUT2D eigenvalue weighted by molar-refractivity contribution is -0.137. The number of nitrogens with zero attached hydrogens (tertiary/aromatic N) is 3. The molecule has 0 bridgehead atoms. The van der Waals surface area contributed by atoms with Crippen molar-refractivity contribution in [3.05, 3.63) is 124 Å². The molecule has 0 unspecified atom stereocenters. The number of thioether (sulfide) groups is 1. The minimum absolute atomic E-state index is 0.0157. The zero-order chi connectivity index (χ0) is 28.3. The van der Waals surface area contributed by atoms with Crippen molar-refractivity contribution in [1.29, 1.82) is 0 Å². The molecule has 1 amide bonds. The predicted octanol–water partition coefficient (Wildman–Crippen LogP) is 8.46. The first-order valence-electron chi connectivity index (χ1n) is 12.2. The summed E-state index contributed by atoms with van der Waals surface area (Å²) in [6.07, 6.45) is -4.55. The van der Waals surface area contributed by atoms with Crippen LogP contribution in [-0.2, 0) is 11.9 Å². The summed E-state index contributed by atoms with van der Waals surface area (Å²) >= 11 is 7.51. The molecule has 0 saturated carbocycles. The molecule has 1 aromatic heterocycles. The van der Waals surface area contributed by atoms with E-state index in [4.69, 9.17) is 11.6 Å². The lowest BCUT2D eigenvalue weighted by Gasteiger charge is -2.12. The van der Waals surface area contributed by atoms with E-state index in [9.17, 15) is 18.0 Å². The maximum absolute atomic E-state index is 13.1. The number of amides is 1. The minimum Gasteiger partial charge on any atom is -0.321 e. The summed E-state index contributed by atoms with van der Waals surface area (Å²) in [5, 5.41) is 12.1. The van der Waals surface area contributed by atoms with Crippen LogP contribution in [-0.4, -0.2) is 20.7 Å². The Morgan fingerprint density at radius 3 is 2.30 bits per heavy atom. The van der Waals surface area contributed by atoms with E-state index in [1.54, 1.807) is 24.3 Å². The number of benzene rings is 4. The van der Waals surface area contributed by atoms with Crippen molar-refractivity contribution >= 4 is 35.0 Å². The second-order valence-corrected chi connectivity index (χ2v) is 10.3. The number of carbonyl (C=O) groups excluding carboxylic acids is 1. The van der Waals surface area contributed by atoms with Gasteiger partial charge in [0.2, 0.25) is 0 Å². The summed E-state index contributed by atoms with van der Waals surface area (Å²) in [6.45, 7) is 2.03. The van der Waals surface area contributed by atoms with Gasteiger partial charge in [-0.15, -0.1) is 10.2 Å². The number of alkyl halides is 3. The molecule has 5 aromatic rings. The molecular formula is C30H22ClF3N4OS. The van der Waals surface area contributed by atoms with Crippen molar-refractivity contribution in [3.8, 4) is 17.1 Å². The maximum atomic E-state index is 13.1. The highest BCUT2D eigenvalue weighted by atomic mass is 35.5. The second kappa shape index (κ2) is 11.6. The Morgan fingerprint density at radius 1 is 0.925 bits per heavy atom. The molecule has 202 valence electrons. The van der Waals surface area contributed by atoms with Crippen LogP contribution >= 0.6 is 23.4 Å². The van der Waals surface area contributed by atoms with Gasteiger partial charge in [-0.25, -0.2) is 0 Å². The van der Waals surface area contributed by atoms with Gasteiger partial charge >= 0.3 is 6.18 Å². The number of carbonyl (C=O) groups is 1. The quantitative estimate of drug-likeness (QED) is 0.197. The SMILES string of the molecule is Cc1ccc(-n2c(SCc3ccc(C(=O)Nc4cc(C(F)(F)F)ccc4Cl)cc3)nnc2-c2ccccc2)cc1. The maximum Gasteiger partial charge on any atom is 0.416 e. The van der Waals surface area contributed by atoms with Gasteiger partial charge in [-0.1, -0.05) is 83.5 Å². The molecule has 5 nitrogen and oxygen atoms in total. The number of anilines is 1. The first kappa shape index (κ1) is 27.5. The standard InChI is InChI=1S/C30H22ClF3N4OS/c1-19-7-14-24(15-8-19)38-27(21-5-3-2-4-6-21)36-37-29(38)40-18-20-9-11-22(12-10-20)28(39)35-26-17-23(30(32,33)34)13-16-25(26)31/h2-17H,18H2,1H3,(H,35,39). The van der Waals surface area contributed by atoms with E-state index in [0.717, 1.165) is 46.4 Å². The predicted molar refractivity (Wildman–Crippen MR) is 152 cm³/mol. The summed E-state index contributed by atoms with van der Waals surface area (Å²) in [5.41, 5.74) is 3.25. The van der Waals surface area contributed by atoms with E-state index in [2.05, 4.69) is 15.5 Å². The van der Waals surface area contributed by atoms with Crippen LogP contribution in [0.1, 0.15) is 27.0 Å². The number of hydrogen-bond donors (Lipinski definition) is 1. The Morgan fingerprint density at radius 2 is 1.62 bits per heavy atom. The van der Waals surface area contributed by atoms with Crippen molar-refractivity contribution in [2.75, 3.05) is 5.32 Å². The van der Waals surface area contributed by atoms with E-state index < -0.39 is 17.6 Å². The molecule has 1 N–H and O–H groups in total. The van der Waals surface area contributed by atoms with Crippen molar-refractivity contribution in [1.82, 2.24) is 14.8 Å². The van der Waals surface area contributed by atoms with Gasteiger partial charge in [0.05, 0.1) is 16.3 Å². The molecule has 0 fully saturated rings. The lowest BCUT2D eigenvalue weighted by Crippen LogP contribution is -2.13. The molecule has 0 saturated heterocycles. The molecule has 5 rings (SSSR count). The Labute approximate surface area is 238 Å². The van der Waals surface area contributed by atoms with E-state index in [-0.39, 0.29) is 16.3 Å². The highest BCUT2D eigenvalue weighted by molar-refractivity contribution is 7.98. The van der Waals surface area contributed by atoms with Crippen LogP contribution < -0.4 is 5.32 Å². The van der Waals surface area contributed by atoms with Crippen LogP contribution in [0.25, 0.3) is 17.1 Å². The van der Waals surface area contributed by atoms with Crippen molar-refractivity contribution < 1.29 is 18.0 Å². The summed E-state index contributed by atoms with van der Waals surface area (Å²) in [5.74, 6) is 0.722. The van der Waals surface area contributed by atoms with Crippen LogP contribution in [0.2, 0.25) is 5.02 Å². The second-order valence-electron chi connectivity index (χ2n) is 8.98. The largest absolute Gasteiger partial charge is 0.416 e. The molecule has 1 heterocycles. The van der Waals surface area contributed by atoms with E-state index in [1.165, 1.54) is 11.8 Å². The van der Waals surface area contributed by atoms with Gasteiger partial charge in [0, 0.05) is 22.6 Å². The van der Waals surface area contributed by atoms with Crippen molar-refractivity contribution in [3.63, 3.8) is 0 Å². The number of nitrogens with one attached hydrogen (secondary N) is 1. The fourth-order valence-electron chi connectivity index (χ4n) is 3.96. The van der Waals surface area contributed by atoms with Gasteiger partial charge in [-0.05, 0) is 55.0 Å². The number of hydrogen-bond acceptors (Lipinski definition) is 4. The van der Waals surface area contributed by atoms with Crippen molar-refractivity contribution in [2.45, 2.75) is 24.0 Å². The molecule has 0 atom stereocenters. The Balaban J connectivity index is 1.32. The highest BCUT2D eigenvalue weighted by Gasteiger charge is 2.31. The molecule has 0 aliphatic heterocycles. The third-order valence-corrected chi connectivity index (χ3v) is 7.41. The lowest BCUT2D eigenvalue weighted by atomic mass is 10.1. The molecule has 40 heavy (non-hydrogen) atoms. The fourth-order valence-corrected chi connectivity index (χ4v) is 5.03. The molecular weight excluding hydrogens is 557 g/mol. The molecule has 0 aliphatic rings. The Kier molecular flexibility index (Phi) is 7.95. The Hall–Kier alpha value is -4.08. The molecule has 4 aromatic carbocycles. The summed E-state index contributed by atoms with van der Waals surface area (Å²) < 4.78 is 41.2. The van der Waals surface area contributed by atoms with Crippen LogP contribution in [0.4, 0.5) is 18.9 Å². The summed E-state index contributed by atoms with van der Waals surface area (Å²) in [6, 6.07) is 27.6. The molecule has 0 aliphatic carbocycles. The molecule has 0 radical (unpaired) electrons.